The van der Waals surface area contributed by atoms with Crippen molar-refractivity contribution in [3.63, 3.8) is 0 Å². The molecular formula is C9H10KNO4. The van der Waals surface area contributed by atoms with Gasteiger partial charge in [-0.2, -0.15) is 5.48 Å². The molecular weight excluding hydrogens is 225 g/mol. The summed E-state index contributed by atoms with van der Waals surface area (Å²) in [6.07, 6.45) is 0. The molecule has 15 heavy (non-hydrogen) atoms. The summed E-state index contributed by atoms with van der Waals surface area (Å²) < 4.78 is 0. The quantitative estimate of drug-likeness (QED) is 0.466. The molecule has 1 aromatic rings. The van der Waals surface area contributed by atoms with Crippen molar-refractivity contribution in [3.05, 3.63) is 29.8 Å². The van der Waals surface area contributed by atoms with Gasteiger partial charge in [-0.05, 0) is 12.1 Å². The third kappa shape index (κ3) is 4.76. The van der Waals surface area contributed by atoms with Crippen LogP contribution in [0, 0.1) is 0 Å². The second-order valence-corrected chi connectivity index (χ2v) is 2.56. The average Bonchev–Trinajstić information content (AvgIpc) is 2.15. The summed E-state index contributed by atoms with van der Waals surface area (Å²) in [5.74, 6) is -1.40. The van der Waals surface area contributed by atoms with E-state index in [1.54, 1.807) is 12.1 Å². The van der Waals surface area contributed by atoms with Gasteiger partial charge in [-0.1, -0.05) is 12.1 Å². The zero-order chi connectivity index (χ0) is 10.6. The number of carboxylic acids is 1. The smallest absolute Gasteiger partial charge is 1.00 e. The molecule has 0 radical (unpaired) electrons. The second kappa shape index (κ2) is 6.97. The van der Waals surface area contributed by atoms with E-state index in [1.165, 1.54) is 19.1 Å². The molecule has 0 unspecified atom stereocenters. The number of para-hydroxylation sites is 1. The van der Waals surface area contributed by atoms with Crippen LogP contribution in [0.5, 0.6) is 5.75 Å². The summed E-state index contributed by atoms with van der Waals surface area (Å²) in [7, 11) is 0. The van der Waals surface area contributed by atoms with Crippen LogP contribution in [0.25, 0.3) is 0 Å². The van der Waals surface area contributed by atoms with E-state index in [2.05, 4.69) is 5.48 Å². The number of aromatic carboxylic acids is 1. The minimum atomic E-state index is -1.11. The zero-order valence-electron chi connectivity index (χ0n) is 9.48. The third-order valence-corrected chi connectivity index (χ3v) is 1.42. The number of carbonyl (C=O) groups excluding carboxylic acids is 1. The number of carbonyl (C=O) groups is 2. The molecule has 5 nitrogen and oxygen atoms in total. The fourth-order valence-electron chi connectivity index (χ4n) is 0.859. The van der Waals surface area contributed by atoms with Crippen LogP contribution in [-0.2, 0) is 4.79 Å². The zero-order valence-corrected chi connectivity index (χ0v) is 11.6. The minimum absolute atomic E-state index is 0. The maximum absolute atomic E-state index is 10.7. The monoisotopic (exact) mass is 235 g/mol. The Morgan fingerprint density at radius 3 is 2.53 bits per heavy atom. The fraction of sp³-hybridized carbons (Fsp3) is 0.111. The Hall–Kier alpha value is -0.404. The van der Waals surface area contributed by atoms with E-state index in [1.807, 2.05) is 0 Å². The van der Waals surface area contributed by atoms with Gasteiger partial charge in [0.15, 0.2) is 5.75 Å². The Bertz CT molecular complexity index is 372. The third-order valence-electron chi connectivity index (χ3n) is 1.42. The molecule has 0 spiro atoms. The molecule has 0 heterocycles. The average molecular weight is 235 g/mol. The number of hydroxylamine groups is 1. The van der Waals surface area contributed by atoms with E-state index in [-0.39, 0.29) is 64.1 Å². The van der Waals surface area contributed by atoms with Gasteiger partial charge in [-0.15, -0.1) is 0 Å². The number of carboxylic acid groups (broad SMARTS) is 1. The Balaban J connectivity index is 0. The molecule has 1 amide bonds. The fourth-order valence-corrected chi connectivity index (χ4v) is 0.859. The molecule has 6 heteroatoms. The molecule has 0 saturated carbocycles. The van der Waals surface area contributed by atoms with Gasteiger partial charge in [-0.3, -0.25) is 4.79 Å². The first-order valence-corrected chi connectivity index (χ1v) is 3.87. The first kappa shape index (κ1) is 14.6. The molecule has 0 bridgehead atoms. The van der Waals surface area contributed by atoms with Crippen molar-refractivity contribution in [3.8, 4) is 5.75 Å². The van der Waals surface area contributed by atoms with Crippen LogP contribution in [0.4, 0.5) is 0 Å². The van der Waals surface area contributed by atoms with E-state index in [0.717, 1.165) is 0 Å². The van der Waals surface area contributed by atoms with Crippen LogP contribution in [0.15, 0.2) is 24.3 Å². The number of nitrogens with one attached hydrogen (secondary N) is 1. The molecule has 2 N–H and O–H groups in total. The first-order valence-electron chi connectivity index (χ1n) is 3.87. The van der Waals surface area contributed by atoms with Crippen LogP contribution in [-0.4, -0.2) is 17.0 Å². The topological polar surface area (TPSA) is 75.6 Å². The summed E-state index contributed by atoms with van der Waals surface area (Å²) in [4.78, 5) is 26.0. The van der Waals surface area contributed by atoms with Gasteiger partial charge in [-0.25, -0.2) is 4.79 Å². The van der Waals surface area contributed by atoms with Crippen molar-refractivity contribution >= 4 is 11.9 Å². The van der Waals surface area contributed by atoms with Gasteiger partial charge >= 0.3 is 57.4 Å². The first-order chi connectivity index (χ1) is 6.61. The van der Waals surface area contributed by atoms with Crippen LogP contribution < -0.4 is 61.7 Å². The van der Waals surface area contributed by atoms with Gasteiger partial charge in [0.25, 0.3) is 0 Å². The normalized spacial score (nSPS) is 8.60. The van der Waals surface area contributed by atoms with Crippen LogP contribution >= 0.6 is 0 Å². The predicted molar refractivity (Wildman–Crippen MR) is 49.0 cm³/mol. The Labute approximate surface area is 131 Å². The summed E-state index contributed by atoms with van der Waals surface area (Å²) in [6.45, 7) is 1.27. The molecule has 0 aromatic heterocycles. The van der Waals surface area contributed by atoms with Crippen molar-refractivity contribution in [1.82, 2.24) is 5.48 Å². The van der Waals surface area contributed by atoms with Crippen molar-refractivity contribution < 1.29 is 72.3 Å². The van der Waals surface area contributed by atoms with Gasteiger partial charge in [0.1, 0.15) is 5.56 Å². The van der Waals surface area contributed by atoms with Crippen LogP contribution in [0.2, 0.25) is 0 Å². The summed E-state index contributed by atoms with van der Waals surface area (Å²) >= 11 is 0. The van der Waals surface area contributed by atoms with Gasteiger partial charge in [0.05, 0.1) is 0 Å². The number of benzene rings is 1. The van der Waals surface area contributed by atoms with E-state index >= 15 is 0 Å². The predicted octanol–water partition coefficient (Wildman–Crippen LogP) is -2.07. The number of amides is 1. The van der Waals surface area contributed by atoms with Crippen molar-refractivity contribution in [2.75, 3.05) is 0 Å². The Morgan fingerprint density at radius 2 is 2.00 bits per heavy atom. The standard InChI is InChI=1S/C9H9NO4.K.H/c1-6(11)10-14-8-5-3-2-4-7(8)9(12)13;;/h2-5H,1H3,(H,10,11)(H,12,13);;/q;+1;-1. The molecule has 0 fully saturated rings. The molecule has 1 rings (SSSR count). The van der Waals surface area contributed by atoms with E-state index in [4.69, 9.17) is 9.94 Å². The maximum atomic E-state index is 10.7. The molecule has 0 aliphatic heterocycles. The van der Waals surface area contributed by atoms with Gasteiger partial charge < -0.3 is 11.4 Å². The SMILES string of the molecule is CC(=O)NOc1ccccc1C(=O)O.[H-].[K+]. The molecule has 0 saturated heterocycles. The minimum Gasteiger partial charge on any atom is -1.00 e. The number of rotatable bonds is 3. The summed E-state index contributed by atoms with van der Waals surface area (Å²) in [6, 6.07) is 6.03. The number of hydrogen-bond acceptors (Lipinski definition) is 3. The molecule has 0 aliphatic carbocycles. The molecule has 0 atom stereocenters. The number of hydrogen-bond donors (Lipinski definition) is 2. The van der Waals surface area contributed by atoms with Gasteiger partial charge in [0, 0.05) is 6.92 Å². The van der Waals surface area contributed by atoms with Crippen molar-refractivity contribution in [2.45, 2.75) is 6.92 Å². The summed E-state index contributed by atoms with van der Waals surface area (Å²) in [5.41, 5.74) is 2.06. The largest absolute Gasteiger partial charge is 1.00 e. The molecule has 76 valence electrons. The Morgan fingerprint density at radius 1 is 1.40 bits per heavy atom. The van der Waals surface area contributed by atoms with Crippen LogP contribution in [0.3, 0.4) is 0 Å². The van der Waals surface area contributed by atoms with E-state index in [9.17, 15) is 9.59 Å². The Kier molecular flexibility index (Phi) is 6.78. The van der Waals surface area contributed by atoms with E-state index in [0.29, 0.717) is 0 Å². The molecule has 0 aliphatic rings. The van der Waals surface area contributed by atoms with Crippen LogP contribution in [0.1, 0.15) is 18.7 Å². The second-order valence-electron chi connectivity index (χ2n) is 2.56. The van der Waals surface area contributed by atoms with E-state index < -0.39 is 11.9 Å². The van der Waals surface area contributed by atoms with Crippen molar-refractivity contribution in [1.29, 1.82) is 0 Å². The summed E-state index contributed by atoms with van der Waals surface area (Å²) in [5, 5.41) is 8.74. The molecule has 1 aromatic carbocycles. The van der Waals surface area contributed by atoms with Gasteiger partial charge in [0.2, 0.25) is 5.91 Å². The van der Waals surface area contributed by atoms with Crippen molar-refractivity contribution in [2.24, 2.45) is 0 Å². The maximum Gasteiger partial charge on any atom is 1.00 e.